The molecule has 1 unspecified atom stereocenters. The first-order valence-corrected chi connectivity index (χ1v) is 4.65. The average molecular weight is 187 g/mol. The maximum atomic E-state index is 10.9. The number of hydrogen-bond acceptors (Lipinski definition) is 3. The van der Waals surface area contributed by atoms with Crippen molar-refractivity contribution in [3.05, 3.63) is 0 Å². The number of likely N-dealkylation sites (tertiary alicyclic amines) is 1. The second-order valence-electron chi connectivity index (χ2n) is 3.97. The maximum absolute atomic E-state index is 10.9. The van der Waals surface area contributed by atoms with Crippen molar-refractivity contribution in [3.8, 4) is 0 Å². The number of aliphatic hydroxyl groups excluding tert-OH is 1. The van der Waals surface area contributed by atoms with Crippen LogP contribution in [0.15, 0.2) is 0 Å². The Balaban J connectivity index is 2.54. The second kappa shape index (κ2) is 4.07. The van der Waals surface area contributed by atoms with Gasteiger partial charge in [0.05, 0.1) is 12.0 Å². The monoisotopic (exact) mass is 187 g/mol. The van der Waals surface area contributed by atoms with E-state index in [0.29, 0.717) is 13.1 Å². The van der Waals surface area contributed by atoms with E-state index < -0.39 is 11.4 Å². The molecule has 1 saturated heterocycles. The summed E-state index contributed by atoms with van der Waals surface area (Å²) in [6.45, 7) is 3.93. The van der Waals surface area contributed by atoms with Crippen molar-refractivity contribution < 1.29 is 15.0 Å². The van der Waals surface area contributed by atoms with Crippen molar-refractivity contribution in [3.63, 3.8) is 0 Å². The number of hydrogen-bond donors (Lipinski definition) is 2. The molecule has 1 fully saturated rings. The van der Waals surface area contributed by atoms with Gasteiger partial charge in [0.25, 0.3) is 0 Å². The van der Waals surface area contributed by atoms with E-state index in [-0.39, 0.29) is 6.61 Å². The number of carboxylic acids is 1. The van der Waals surface area contributed by atoms with E-state index in [1.54, 1.807) is 6.92 Å². The van der Waals surface area contributed by atoms with Crippen LogP contribution in [0.25, 0.3) is 0 Å². The molecule has 76 valence electrons. The lowest BCUT2D eigenvalue weighted by Crippen LogP contribution is -2.46. The standard InChI is InChI=1S/C9H17NO3/c1-9(8(12)13)3-2-4-10(7-9)5-6-11/h11H,2-7H2,1H3,(H,12,13). The topological polar surface area (TPSA) is 60.8 Å². The van der Waals surface area contributed by atoms with Gasteiger partial charge in [-0.3, -0.25) is 9.69 Å². The summed E-state index contributed by atoms with van der Waals surface area (Å²) in [6.07, 6.45) is 1.65. The average Bonchev–Trinajstić information content (AvgIpc) is 2.04. The summed E-state index contributed by atoms with van der Waals surface area (Å²) in [6, 6.07) is 0. The van der Waals surface area contributed by atoms with Crippen LogP contribution in [-0.2, 0) is 4.79 Å². The SMILES string of the molecule is CC1(C(=O)O)CCCN(CCO)C1. The number of aliphatic hydroxyl groups is 1. The number of piperidine rings is 1. The minimum absolute atomic E-state index is 0.107. The quantitative estimate of drug-likeness (QED) is 0.661. The Hall–Kier alpha value is -0.610. The van der Waals surface area contributed by atoms with E-state index in [2.05, 4.69) is 0 Å². The van der Waals surface area contributed by atoms with Gasteiger partial charge in [-0.2, -0.15) is 0 Å². The molecular formula is C9H17NO3. The first-order valence-electron chi connectivity index (χ1n) is 4.65. The van der Waals surface area contributed by atoms with E-state index >= 15 is 0 Å². The summed E-state index contributed by atoms with van der Waals surface area (Å²) in [4.78, 5) is 12.9. The molecular weight excluding hydrogens is 170 g/mol. The first kappa shape index (κ1) is 10.5. The highest BCUT2D eigenvalue weighted by Gasteiger charge is 2.37. The van der Waals surface area contributed by atoms with Gasteiger partial charge in [-0.05, 0) is 26.3 Å². The molecule has 13 heavy (non-hydrogen) atoms. The molecule has 4 nitrogen and oxygen atoms in total. The summed E-state index contributed by atoms with van der Waals surface area (Å²) in [5.74, 6) is -0.727. The Bertz CT molecular complexity index is 193. The molecule has 1 rings (SSSR count). The zero-order valence-corrected chi connectivity index (χ0v) is 7.99. The minimum Gasteiger partial charge on any atom is -0.481 e. The lowest BCUT2D eigenvalue weighted by molar-refractivity contribution is -0.151. The number of nitrogens with zero attached hydrogens (tertiary/aromatic N) is 1. The molecule has 0 aliphatic carbocycles. The van der Waals surface area contributed by atoms with Crippen LogP contribution in [0.1, 0.15) is 19.8 Å². The highest BCUT2D eigenvalue weighted by Crippen LogP contribution is 2.29. The van der Waals surface area contributed by atoms with E-state index in [9.17, 15) is 4.79 Å². The highest BCUT2D eigenvalue weighted by molar-refractivity contribution is 5.74. The number of β-amino-alcohol motifs (C(OH)–C–C–N with tert-alkyl or cyclic N) is 1. The second-order valence-corrected chi connectivity index (χ2v) is 3.97. The molecule has 0 amide bonds. The zero-order valence-electron chi connectivity index (χ0n) is 7.99. The Morgan fingerprint density at radius 1 is 1.62 bits per heavy atom. The van der Waals surface area contributed by atoms with E-state index in [0.717, 1.165) is 19.4 Å². The van der Waals surface area contributed by atoms with Crippen LogP contribution >= 0.6 is 0 Å². The van der Waals surface area contributed by atoms with Crippen molar-refractivity contribution in [2.24, 2.45) is 5.41 Å². The first-order chi connectivity index (χ1) is 6.08. The van der Waals surface area contributed by atoms with Gasteiger partial charge in [-0.25, -0.2) is 0 Å². The van der Waals surface area contributed by atoms with Gasteiger partial charge in [0, 0.05) is 13.1 Å². The normalized spacial score (nSPS) is 30.3. The molecule has 2 N–H and O–H groups in total. The van der Waals surface area contributed by atoms with Gasteiger partial charge >= 0.3 is 5.97 Å². The molecule has 0 aromatic heterocycles. The third-order valence-corrected chi connectivity index (χ3v) is 2.71. The molecule has 0 bridgehead atoms. The summed E-state index contributed by atoms with van der Waals surface area (Å²) < 4.78 is 0. The van der Waals surface area contributed by atoms with E-state index in [1.165, 1.54) is 0 Å². The van der Waals surface area contributed by atoms with Crippen molar-refractivity contribution in [1.82, 2.24) is 4.90 Å². The van der Waals surface area contributed by atoms with Crippen LogP contribution in [0.4, 0.5) is 0 Å². The van der Waals surface area contributed by atoms with Gasteiger partial charge in [-0.15, -0.1) is 0 Å². The maximum Gasteiger partial charge on any atom is 0.310 e. The van der Waals surface area contributed by atoms with E-state index in [1.807, 2.05) is 4.90 Å². The van der Waals surface area contributed by atoms with E-state index in [4.69, 9.17) is 10.2 Å². The third-order valence-electron chi connectivity index (χ3n) is 2.71. The van der Waals surface area contributed by atoms with Crippen LogP contribution < -0.4 is 0 Å². The largest absolute Gasteiger partial charge is 0.481 e. The lowest BCUT2D eigenvalue weighted by Gasteiger charge is -2.37. The van der Waals surface area contributed by atoms with Gasteiger partial charge < -0.3 is 10.2 Å². The number of carbonyl (C=O) groups is 1. The molecule has 1 atom stereocenters. The highest BCUT2D eigenvalue weighted by atomic mass is 16.4. The number of rotatable bonds is 3. The molecule has 0 saturated carbocycles. The Morgan fingerprint density at radius 3 is 2.85 bits per heavy atom. The smallest absolute Gasteiger partial charge is 0.310 e. The van der Waals surface area contributed by atoms with Gasteiger partial charge in [0.1, 0.15) is 0 Å². The van der Waals surface area contributed by atoms with Gasteiger partial charge in [0.15, 0.2) is 0 Å². The molecule has 1 heterocycles. The predicted molar refractivity (Wildman–Crippen MR) is 48.5 cm³/mol. The van der Waals surface area contributed by atoms with Crippen LogP contribution in [0.2, 0.25) is 0 Å². The summed E-state index contributed by atoms with van der Waals surface area (Å²) in [5, 5.41) is 17.7. The Morgan fingerprint density at radius 2 is 2.31 bits per heavy atom. The van der Waals surface area contributed by atoms with Crippen LogP contribution in [-0.4, -0.2) is 47.3 Å². The third kappa shape index (κ3) is 2.42. The fraction of sp³-hybridized carbons (Fsp3) is 0.889. The molecule has 4 heteroatoms. The number of carboxylic acid groups (broad SMARTS) is 1. The fourth-order valence-corrected chi connectivity index (χ4v) is 1.85. The zero-order chi connectivity index (χ0) is 9.90. The van der Waals surface area contributed by atoms with Crippen molar-refractivity contribution in [1.29, 1.82) is 0 Å². The molecule has 0 aromatic rings. The van der Waals surface area contributed by atoms with Gasteiger partial charge in [0.2, 0.25) is 0 Å². The van der Waals surface area contributed by atoms with Crippen LogP contribution in [0.5, 0.6) is 0 Å². The number of aliphatic carboxylic acids is 1. The van der Waals surface area contributed by atoms with Crippen molar-refractivity contribution in [2.75, 3.05) is 26.2 Å². The predicted octanol–water partition coefficient (Wildman–Crippen LogP) is 0.165. The molecule has 1 aliphatic rings. The molecule has 0 radical (unpaired) electrons. The molecule has 1 aliphatic heterocycles. The Labute approximate surface area is 78.2 Å². The lowest BCUT2D eigenvalue weighted by atomic mass is 9.82. The van der Waals surface area contributed by atoms with Crippen molar-refractivity contribution >= 4 is 5.97 Å². The van der Waals surface area contributed by atoms with Gasteiger partial charge in [-0.1, -0.05) is 0 Å². The summed E-state index contributed by atoms with van der Waals surface area (Å²) in [7, 11) is 0. The Kier molecular flexibility index (Phi) is 3.27. The molecule has 0 aromatic carbocycles. The summed E-state index contributed by atoms with van der Waals surface area (Å²) in [5.41, 5.74) is -0.618. The van der Waals surface area contributed by atoms with Crippen molar-refractivity contribution in [2.45, 2.75) is 19.8 Å². The minimum atomic E-state index is -0.727. The fourth-order valence-electron chi connectivity index (χ4n) is 1.85. The van der Waals surface area contributed by atoms with Crippen LogP contribution in [0.3, 0.4) is 0 Å². The molecule has 0 spiro atoms. The summed E-state index contributed by atoms with van der Waals surface area (Å²) >= 11 is 0. The van der Waals surface area contributed by atoms with Crippen LogP contribution in [0, 0.1) is 5.41 Å².